The van der Waals surface area contributed by atoms with Gasteiger partial charge >= 0.3 is 0 Å². The largest absolute Gasteiger partial charge is 0.391 e. The molecule has 2 bridgehead atoms. The summed E-state index contributed by atoms with van der Waals surface area (Å²) in [5.74, 6) is 0.357. The molecule has 4 atom stereocenters. The van der Waals surface area contributed by atoms with E-state index in [1.807, 2.05) is 30.3 Å². The van der Waals surface area contributed by atoms with E-state index in [1.165, 1.54) is 0 Å². The van der Waals surface area contributed by atoms with Gasteiger partial charge in [0.05, 0.1) is 17.5 Å². The highest BCUT2D eigenvalue weighted by molar-refractivity contribution is 6.05. The first-order chi connectivity index (χ1) is 8.34. The van der Waals surface area contributed by atoms with Gasteiger partial charge in [-0.2, -0.15) is 0 Å². The Morgan fingerprint density at radius 1 is 1.29 bits per heavy atom. The molecule has 1 aliphatic carbocycles. The molecule has 1 saturated carbocycles. The predicted molar refractivity (Wildman–Crippen MR) is 61.4 cm³/mol. The number of hydrogen-bond donors (Lipinski definition) is 1. The first-order valence-corrected chi connectivity index (χ1v) is 5.94. The molecule has 1 aromatic carbocycles. The number of nitrogens with one attached hydrogen (secondary N) is 1. The van der Waals surface area contributed by atoms with E-state index in [0.29, 0.717) is 0 Å². The highest BCUT2D eigenvalue weighted by Crippen LogP contribution is 2.44. The van der Waals surface area contributed by atoms with Gasteiger partial charge in [0.1, 0.15) is 6.10 Å². The molecule has 17 heavy (non-hydrogen) atoms. The van der Waals surface area contributed by atoms with Gasteiger partial charge in [-0.25, -0.2) is 0 Å². The Morgan fingerprint density at radius 2 is 2.12 bits per heavy atom. The molecule has 2 fully saturated rings. The average Bonchev–Trinajstić information content (AvgIpc) is 3.00. The number of carbonyl (C=O) groups is 1. The van der Waals surface area contributed by atoms with Gasteiger partial charge in [0.25, 0.3) is 0 Å². The van der Waals surface area contributed by atoms with Crippen LogP contribution in [0.5, 0.6) is 0 Å². The van der Waals surface area contributed by atoms with Crippen LogP contribution < -0.4 is 5.32 Å². The minimum absolute atomic E-state index is 0.00466. The van der Waals surface area contributed by atoms with Crippen molar-refractivity contribution in [3.8, 4) is 0 Å². The molecule has 4 rings (SSSR count). The quantitative estimate of drug-likeness (QED) is 0.777. The molecule has 2 aliphatic heterocycles. The first-order valence-electron chi connectivity index (χ1n) is 5.94. The van der Waals surface area contributed by atoms with Gasteiger partial charge in [-0.1, -0.05) is 35.5 Å². The highest BCUT2D eigenvalue weighted by atomic mass is 16.6. The Morgan fingerprint density at radius 3 is 2.94 bits per heavy atom. The molecule has 1 amide bonds. The summed E-state index contributed by atoms with van der Waals surface area (Å²) < 4.78 is 0. The van der Waals surface area contributed by atoms with Crippen LogP contribution in [0.4, 0.5) is 0 Å². The number of hydrogen-bond acceptors (Lipinski definition) is 3. The van der Waals surface area contributed by atoms with E-state index in [0.717, 1.165) is 17.7 Å². The van der Waals surface area contributed by atoms with Crippen molar-refractivity contribution in [3.63, 3.8) is 0 Å². The summed E-state index contributed by atoms with van der Waals surface area (Å²) in [6, 6.07) is 10.3. The fraction of sp³-hybridized carbons (Fsp3) is 0.385. The second kappa shape index (κ2) is 3.09. The zero-order valence-corrected chi connectivity index (χ0v) is 9.17. The lowest BCUT2D eigenvalue weighted by Crippen LogP contribution is -2.46. The average molecular weight is 228 g/mol. The second-order valence-electron chi connectivity index (χ2n) is 4.90. The molecule has 0 spiro atoms. The molecule has 1 N–H and O–H groups in total. The third kappa shape index (κ3) is 1.12. The van der Waals surface area contributed by atoms with Gasteiger partial charge in [-0.05, 0) is 12.0 Å². The first kappa shape index (κ1) is 9.22. The van der Waals surface area contributed by atoms with Crippen LogP contribution in [-0.4, -0.2) is 23.8 Å². The standard InChI is InChI=1S/C13H12N2O2/c16-13-8-6-9(14-13)10-11(15-17-12(8)10)7-4-2-1-3-5-7/h1-5,8-10,12H,6H2,(H,14,16)/t8-,9+,10+,12+/m1/s1. The molecule has 1 saturated heterocycles. The van der Waals surface area contributed by atoms with Crippen LogP contribution in [-0.2, 0) is 9.63 Å². The molecule has 1 aromatic rings. The lowest BCUT2D eigenvalue weighted by Gasteiger charge is -2.23. The predicted octanol–water partition coefficient (Wildman–Crippen LogP) is 0.924. The van der Waals surface area contributed by atoms with Crippen molar-refractivity contribution in [2.75, 3.05) is 0 Å². The van der Waals surface area contributed by atoms with Crippen molar-refractivity contribution in [1.29, 1.82) is 0 Å². The van der Waals surface area contributed by atoms with Crippen LogP contribution in [0.1, 0.15) is 12.0 Å². The van der Waals surface area contributed by atoms with E-state index in [9.17, 15) is 4.79 Å². The number of rotatable bonds is 1. The van der Waals surface area contributed by atoms with E-state index < -0.39 is 0 Å². The van der Waals surface area contributed by atoms with Gasteiger partial charge in [0, 0.05) is 6.04 Å². The van der Waals surface area contributed by atoms with Crippen LogP contribution in [0.3, 0.4) is 0 Å². The molecule has 4 nitrogen and oxygen atoms in total. The Bertz CT molecular complexity index is 511. The molecular formula is C13H12N2O2. The van der Waals surface area contributed by atoms with Crippen LogP contribution in [0.25, 0.3) is 0 Å². The minimum Gasteiger partial charge on any atom is -0.391 e. The molecular weight excluding hydrogens is 216 g/mol. The van der Waals surface area contributed by atoms with Gasteiger partial charge in [0.15, 0.2) is 0 Å². The maximum absolute atomic E-state index is 11.6. The van der Waals surface area contributed by atoms with Crippen molar-refractivity contribution in [2.24, 2.45) is 17.0 Å². The van der Waals surface area contributed by atoms with Crippen molar-refractivity contribution in [3.05, 3.63) is 35.9 Å². The zero-order chi connectivity index (χ0) is 11.4. The maximum Gasteiger partial charge on any atom is 0.227 e. The van der Waals surface area contributed by atoms with Crippen LogP contribution >= 0.6 is 0 Å². The smallest absolute Gasteiger partial charge is 0.227 e. The van der Waals surface area contributed by atoms with Gasteiger partial charge < -0.3 is 10.2 Å². The van der Waals surface area contributed by atoms with Crippen LogP contribution in [0.15, 0.2) is 35.5 Å². The summed E-state index contributed by atoms with van der Waals surface area (Å²) in [6.45, 7) is 0. The monoisotopic (exact) mass is 228 g/mol. The van der Waals surface area contributed by atoms with Crippen molar-refractivity contribution in [2.45, 2.75) is 18.6 Å². The summed E-state index contributed by atoms with van der Waals surface area (Å²) in [5.41, 5.74) is 2.09. The number of amides is 1. The minimum atomic E-state index is -0.0380. The van der Waals surface area contributed by atoms with Crippen molar-refractivity contribution < 1.29 is 9.63 Å². The van der Waals surface area contributed by atoms with E-state index in [4.69, 9.17) is 4.84 Å². The summed E-state index contributed by atoms with van der Waals surface area (Å²) in [7, 11) is 0. The Hall–Kier alpha value is -1.84. The molecule has 0 aromatic heterocycles. The van der Waals surface area contributed by atoms with E-state index in [1.54, 1.807) is 0 Å². The van der Waals surface area contributed by atoms with Crippen molar-refractivity contribution in [1.82, 2.24) is 5.32 Å². The zero-order valence-electron chi connectivity index (χ0n) is 9.17. The van der Waals surface area contributed by atoms with E-state index in [2.05, 4.69) is 10.5 Å². The fourth-order valence-corrected chi connectivity index (χ4v) is 3.25. The molecule has 2 heterocycles. The van der Waals surface area contributed by atoms with Gasteiger partial charge in [0.2, 0.25) is 5.91 Å². The Kier molecular flexibility index (Phi) is 1.68. The third-order valence-corrected chi connectivity index (χ3v) is 4.01. The number of piperidine rings is 1. The summed E-state index contributed by atoms with van der Waals surface area (Å²) in [6.07, 6.45) is 0.851. The third-order valence-electron chi connectivity index (χ3n) is 4.01. The molecule has 86 valence electrons. The van der Waals surface area contributed by atoms with Crippen molar-refractivity contribution >= 4 is 11.6 Å². The molecule has 0 unspecified atom stereocenters. The molecule has 4 heteroatoms. The maximum atomic E-state index is 11.6. The highest BCUT2D eigenvalue weighted by Gasteiger charge is 2.58. The number of benzene rings is 1. The number of fused-ring (bicyclic) bond motifs is 5. The summed E-state index contributed by atoms with van der Waals surface area (Å²) in [5, 5.41) is 7.21. The number of nitrogens with zero attached hydrogens (tertiary/aromatic N) is 1. The molecule has 0 radical (unpaired) electrons. The summed E-state index contributed by atoms with van der Waals surface area (Å²) in [4.78, 5) is 17.1. The van der Waals surface area contributed by atoms with Crippen LogP contribution in [0, 0.1) is 11.8 Å². The van der Waals surface area contributed by atoms with Gasteiger partial charge in [-0.15, -0.1) is 0 Å². The topological polar surface area (TPSA) is 50.7 Å². The second-order valence-corrected chi connectivity index (χ2v) is 4.90. The van der Waals surface area contributed by atoms with Gasteiger partial charge in [-0.3, -0.25) is 4.79 Å². The summed E-state index contributed by atoms with van der Waals surface area (Å²) >= 11 is 0. The Balaban J connectivity index is 1.71. The van der Waals surface area contributed by atoms with Crippen LogP contribution in [0.2, 0.25) is 0 Å². The van der Waals surface area contributed by atoms with E-state index >= 15 is 0 Å². The molecule has 3 aliphatic rings. The fourth-order valence-electron chi connectivity index (χ4n) is 3.25. The normalized spacial score (nSPS) is 37.4. The number of oxime groups is 1. The Labute approximate surface area is 98.6 Å². The SMILES string of the molecule is O=C1N[C@H]2C[C@@H]1[C@@H]1ON=C(c3ccccc3)[C@@H]12. The van der Waals surface area contributed by atoms with E-state index in [-0.39, 0.29) is 29.9 Å². The number of carbonyl (C=O) groups excluding carboxylic acids is 1. The lowest BCUT2D eigenvalue weighted by molar-refractivity contribution is -0.129. The lowest BCUT2D eigenvalue weighted by atomic mass is 9.88.